The van der Waals surface area contributed by atoms with Crippen molar-refractivity contribution in [3.05, 3.63) is 18.3 Å². The Balaban J connectivity index is 2.46. The third-order valence-corrected chi connectivity index (χ3v) is 1.57. The van der Waals surface area contributed by atoms with Gasteiger partial charge in [-0.15, -0.1) is 0 Å². The van der Waals surface area contributed by atoms with Crippen molar-refractivity contribution < 1.29 is 5.11 Å². The van der Waals surface area contributed by atoms with Gasteiger partial charge in [-0.25, -0.2) is 10.8 Å². The third kappa shape index (κ3) is 3.27. The van der Waals surface area contributed by atoms with Crippen LogP contribution in [0.1, 0.15) is 6.42 Å². The van der Waals surface area contributed by atoms with E-state index >= 15 is 0 Å². The molecular formula is C8H14N4O. The van der Waals surface area contributed by atoms with Crippen LogP contribution >= 0.6 is 0 Å². The van der Waals surface area contributed by atoms with Gasteiger partial charge in [0.1, 0.15) is 5.82 Å². The van der Waals surface area contributed by atoms with Gasteiger partial charge in [0.05, 0.1) is 0 Å². The van der Waals surface area contributed by atoms with E-state index in [9.17, 15) is 0 Å². The van der Waals surface area contributed by atoms with Gasteiger partial charge in [-0.2, -0.15) is 0 Å². The number of hydrazine groups is 1. The summed E-state index contributed by atoms with van der Waals surface area (Å²) in [5.74, 6) is 5.81. The summed E-state index contributed by atoms with van der Waals surface area (Å²) in [5, 5.41) is 11.7. The SMILES string of the molecule is NNc1cc(NCCCO)ccn1. The minimum absolute atomic E-state index is 0.195. The fourth-order valence-corrected chi connectivity index (χ4v) is 0.931. The molecule has 0 saturated heterocycles. The highest BCUT2D eigenvalue weighted by atomic mass is 16.3. The zero-order valence-electron chi connectivity index (χ0n) is 7.33. The number of aliphatic hydroxyl groups is 1. The Morgan fingerprint density at radius 1 is 1.54 bits per heavy atom. The fourth-order valence-electron chi connectivity index (χ4n) is 0.931. The summed E-state index contributed by atoms with van der Waals surface area (Å²) in [6.07, 6.45) is 2.39. The highest BCUT2D eigenvalue weighted by Crippen LogP contribution is 2.10. The van der Waals surface area contributed by atoms with Crippen LogP contribution in [0.25, 0.3) is 0 Å². The molecule has 0 aromatic carbocycles. The van der Waals surface area contributed by atoms with Crippen molar-refractivity contribution in [1.82, 2.24) is 4.98 Å². The molecular weight excluding hydrogens is 168 g/mol. The van der Waals surface area contributed by atoms with Crippen LogP contribution in [0.3, 0.4) is 0 Å². The van der Waals surface area contributed by atoms with Gasteiger partial charge in [-0.3, -0.25) is 0 Å². The number of rotatable bonds is 5. The van der Waals surface area contributed by atoms with Crippen LogP contribution in [-0.2, 0) is 0 Å². The zero-order valence-corrected chi connectivity index (χ0v) is 7.33. The Hall–Kier alpha value is -1.33. The molecule has 0 saturated carbocycles. The number of nitrogens with zero attached hydrogens (tertiary/aromatic N) is 1. The van der Waals surface area contributed by atoms with Crippen molar-refractivity contribution >= 4 is 11.5 Å². The van der Waals surface area contributed by atoms with Crippen LogP contribution in [0.15, 0.2) is 18.3 Å². The first-order chi connectivity index (χ1) is 6.36. The second-order valence-electron chi connectivity index (χ2n) is 2.58. The molecule has 0 fully saturated rings. The molecule has 0 unspecified atom stereocenters. The van der Waals surface area contributed by atoms with Crippen molar-refractivity contribution in [2.24, 2.45) is 5.84 Å². The van der Waals surface area contributed by atoms with Crippen LogP contribution in [0.4, 0.5) is 11.5 Å². The summed E-state index contributed by atoms with van der Waals surface area (Å²) >= 11 is 0. The highest BCUT2D eigenvalue weighted by molar-refractivity contribution is 5.51. The molecule has 1 aromatic heterocycles. The Bertz CT molecular complexity index is 254. The van der Waals surface area contributed by atoms with Gasteiger partial charge in [-0.1, -0.05) is 0 Å². The molecule has 5 heteroatoms. The van der Waals surface area contributed by atoms with E-state index in [0.717, 1.165) is 18.7 Å². The van der Waals surface area contributed by atoms with E-state index in [1.54, 1.807) is 12.3 Å². The molecule has 1 aromatic rings. The Kier molecular flexibility index (Phi) is 4.01. The quantitative estimate of drug-likeness (QED) is 0.296. The molecule has 0 amide bonds. The van der Waals surface area contributed by atoms with Crippen LogP contribution in [0, 0.1) is 0 Å². The maximum absolute atomic E-state index is 8.56. The van der Waals surface area contributed by atoms with Crippen molar-refractivity contribution in [3.63, 3.8) is 0 Å². The van der Waals surface area contributed by atoms with Gasteiger partial charge >= 0.3 is 0 Å². The minimum Gasteiger partial charge on any atom is -0.396 e. The van der Waals surface area contributed by atoms with E-state index in [4.69, 9.17) is 10.9 Å². The van der Waals surface area contributed by atoms with Crippen LogP contribution < -0.4 is 16.6 Å². The lowest BCUT2D eigenvalue weighted by molar-refractivity contribution is 0.292. The van der Waals surface area contributed by atoms with Gasteiger partial charge in [0.2, 0.25) is 0 Å². The van der Waals surface area contributed by atoms with Crippen LogP contribution in [0.2, 0.25) is 0 Å². The molecule has 5 nitrogen and oxygen atoms in total. The smallest absolute Gasteiger partial charge is 0.141 e. The Morgan fingerprint density at radius 2 is 2.38 bits per heavy atom. The van der Waals surface area contributed by atoms with Crippen molar-refractivity contribution in [2.45, 2.75) is 6.42 Å². The van der Waals surface area contributed by atoms with Gasteiger partial charge in [0.25, 0.3) is 0 Å². The molecule has 1 rings (SSSR count). The van der Waals surface area contributed by atoms with Gasteiger partial charge in [0, 0.05) is 31.1 Å². The number of nitrogens with one attached hydrogen (secondary N) is 2. The first kappa shape index (κ1) is 9.76. The van der Waals surface area contributed by atoms with E-state index in [1.807, 2.05) is 6.07 Å². The number of nitrogens with two attached hydrogens (primary N) is 1. The van der Waals surface area contributed by atoms with Crippen molar-refractivity contribution in [2.75, 3.05) is 23.9 Å². The molecule has 1 heterocycles. The molecule has 0 spiro atoms. The zero-order chi connectivity index (χ0) is 9.52. The molecule has 0 radical (unpaired) electrons. The average molecular weight is 182 g/mol. The number of aliphatic hydroxyl groups excluding tert-OH is 1. The number of nitrogen functional groups attached to an aromatic ring is 1. The standard InChI is InChI=1S/C8H14N4O/c9-12-8-6-7(2-4-11-8)10-3-1-5-13/h2,4,6,13H,1,3,5,9H2,(H2,10,11,12). The normalized spacial score (nSPS) is 9.69. The summed E-state index contributed by atoms with van der Waals surface area (Å²) in [4.78, 5) is 3.96. The first-order valence-electron chi connectivity index (χ1n) is 4.14. The summed E-state index contributed by atoms with van der Waals surface area (Å²) in [7, 11) is 0. The molecule has 0 aliphatic carbocycles. The minimum atomic E-state index is 0.195. The predicted octanol–water partition coefficient (Wildman–Crippen LogP) is 0.161. The lowest BCUT2D eigenvalue weighted by atomic mass is 10.3. The number of pyridine rings is 1. The van der Waals surface area contributed by atoms with E-state index in [0.29, 0.717) is 5.82 Å². The third-order valence-electron chi connectivity index (χ3n) is 1.57. The Morgan fingerprint density at radius 3 is 3.08 bits per heavy atom. The van der Waals surface area contributed by atoms with E-state index < -0.39 is 0 Å². The number of hydrogen-bond acceptors (Lipinski definition) is 5. The molecule has 5 N–H and O–H groups in total. The average Bonchev–Trinajstić information content (AvgIpc) is 2.19. The molecule has 13 heavy (non-hydrogen) atoms. The van der Waals surface area contributed by atoms with Gasteiger partial charge < -0.3 is 15.8 Å². The lowest BCUT2D eigenvalue weighted by Crippen LogP contribution is -2.09. The molecule has 0 aliphatic rings. The maximum Gasteiger partial charge on any atom is 0.141 e. The molecule has 0 atom stereocenters. The highest BCUT2D eigenvalue weighted by Gasteiger charge is 1.93. The maximum atomic E-state index is 8.56. The summed E-state index contributed by atoms with van der Waals surface area (Å²) in [5.41, 5.74) is 3.40. The topological polar surface area (TPSA) is 83.2 Å². The van der Waals surface area contributed by atoms with E-state index in [2.05, 4.69) is 15.7 Å². The summed E-state index contributed by atoms with van der Waals surface area (Å²) in [6.45, 7) is 0.935. The van der Waals surface area contributed by atoms with Gasteiger partial charge in [-0.05, 0) is 12.5 Å². The van der Waals surface area contributed by atoms with Crippen LogP contribution in [0.5, 0.6) is 0 Å². The number of anilines is 2. The number of hydrogen-bond donors (Lipinski definition) is 4. The van der Waals surface area contributed by atoms with Crippen LogP contribution in [-0.4, -0.2) is 23.2 Å². The Labute approximate surface area is 76.9 Å². The van der Waals surface area contributed by atoms with E-state index in [1.165, 1.54) is 0 Å². The van der Waals surface area contributed by atoms with E-state index in [-0.39, 0.29) is 6.61 Å². The lowest BCUT2D eigenvalue weighted by Gasteiger charge is -2.06. The second kappa shape index (κ2) is 5.34. The summed E-state index contributed by atoms with van der Waals surface area (Å²) in [6, 6.07) is 3.65. The van der Waals surface area contributed by atoms with Gasteiger partial charge in [0.15, 0.2) is 0 Å². The van der Waals surface area contributed by atoms with Crippen molar-refractivity contribution in [3.8, 4) is 0 Å². The monoisotopic (exact) mass is 182 g/mol. The number of aromatic nitrogens is 1. The largest absolute Gasteiger partial charge is 0.396 e. The predicted molar refractivity (Wildman–Crippen MR) is 52.2 cm³/mol. The fraction of sp³-hybridized carbons (Fsp3) is 0.375. The second-order valence-corrected chi connectivity index (χ2v) is 2.58. The molecule has 72 valence electrons. The molecule has 0 aliphatic heterocycles. The van der Waals surface area contributed by atoms with Crippen molar-refractivity contribution in [1.29, 1.82) is 0 Å². The molecule has 0 bridgehead atoms. The summed E-state index contributed by atoms with van der Waals surface area (Å²) < 4.78 is 0. The first-order valence-corrected chi connectivity index (χ1v) is 4.14.